The second-order valence-electron chi connectivity index (χ2n) is 6.24. The van der Waals surface area contributed by atoms with Crippen LogP contribution in [0.1, 0.15) is 24.3 Å². The lowest BCUT2D eigenvalue weighted by Crippen LogP contribution is -2.29. The predicted octanol–water partition coefficient (Wildman–Crippen LogP) is 3.44. The maximum atomic E-state index is 13.3. The molecule has 1 N–H and O–H groups in total. The normalized spacial score (nSPS) is 11.0. The fraction of sp³-hybridized carbons (Fsp3) is 0.211. The topological polar surface area (TPSA) is 64.0 Å². The van der Waals surface area contributed by atoms with Crippen molar-refractivity contribution in [2.24, 2.45) is 5.92 Å². The van der Waals surface area contributed by atoms with Crippen molar-refractivity contribution in [1.82, 2.24) is 9.78 Å². The van der Waals surface area contributed by atoms with E-state index in [0.717, 1.165) is 0 Å². The molecule has 0 fully saturated rings. The standard InChI is InChI=1S/C19H18FN3O2/c1-12(2)11-23-19(25)16-9-4-3-8-15(16)17(22-23)18(24)21-14-7-5-6-13(20)10-14/h3-10,12H,11H2,1-2H3,(H,21,24). The minimum Gasteiger partial charge on any atom is -0.320 e. The van der Waals surface area contributed by atoms with Crippen LogP contribution in [0, 0.1) is 11.7 Å². The first-order chi connectivity index (χ1) is 12.0. The van der Waals surface area contributed by atoms with Gasteiger partial charge in [0.1, 0.15) is 5.82 Å². The van der Waals surface area contributed by atoms with Gasteiger partial charge in [-0.2, -0.15) is 5.10 Å². The molecule has 0 aliphatic heterocycles. The smallest absolute Gasteiger partial charge is 0.276 e. The summed E-state index contributed by atoms with van der Waals surface area (Å²) in [7, 11) is 0. The van der Waals surface area contributed by atoms with Crippen molar-refractivity contribution in [3.05, 3.63) is 70.4 Å². The summed E-state index contributed by atoms with van der Waals surface area (Å²) >= 11 is 0. The molecule has 2 aromatic carbocycles. The molecule has 0 radical (unpaired) electrons. The van der Waals surface area contributed by atoms with Crippen LogP contribution in [0.3, 0.4) is 0 Å². The SMILES string of the molecule is CC(C)Cn1nc(C(=O)Nc2cccc(F)c2)c2ccccc2c1=O. The van der Waals surface area contributed by atoms with Crippen LogP contribution in [-0.2, 0) is 6.54 Å². The van der Waals surface area contributed by atoms with Crippen LogP contribution < -0.4 is 10.9 Å². The van der Waals surface area contributed by atoms with Gasteiger partial charge in [0.2, 0.25) is 0 Å². The lowest BCUT2D eigenvalue weighted by Gasteiger charge is -2.12. The molecule has 3 aromatic rings. The van der Waals surface area contributed by atoms with Crippen molar-refractivity contribution >= 4 is 22.4 Å². The highest BCUT2D eigenvalue weighted by Gasteiger charge is 2.17. The number of aromatic nitrogens is 2. The molecule has 0 aliphatic rings. The third-order valence-electron chi connectivity index (χ3n) is 3.70. The zero-order valence-corrected chi connectivity index (χ0v) is 14.0. The van der Waals surface area contributed by atoms with Crippen molar-refractivity contribution in [2.45, 2.75) is 20.4 Å². The third kappa shape index (κ3) is 3.57. The summed E-state index contributed by atoms with van der Waals surface area (Å²) in [5, 5.41) is 7.80. The lowest BCUT2D eigenvalue weighted by molar-refractivity contribution is 0.102. The van der Waals surface area contributed by atoms with Crippen molar-refractivity contribution < 1.29 is 9.18 Å². The minimum absolute atomic E-state index is 0.139. The van der Waals surface area contributed by atoms with Gasteiger partial charge in [-0.05, 0) is 30.2 Å². The van der Waals surface area contributed by atoms with E-state index in [0.29, 0.717) is 23.0 Å². The van der Waals surface area contributed by atoms with Crippen LogP contribution in [0.15, 0.2) is 53.3 Å². The molecular formula is C19H18FN3O2. The molecule has 0 atom stereocenters. The van der Waals surface area contributed by atoms with Gasteiger partial charge in [-0.3, -0.25) is 9.59 Å². The first kappa shape index (κ1) is 16.8. The van der Waals surface area contributed by atoms with E-state index in [1.807, 2.05) is 13.8 Å². The first-order valence-electron chi connectivity index (χ1n) is 8.02. The third-order valence-corrected chi connectivity index (χ3v) is 3.70. The van der Waals surface area contributed by atoms with Crippen LogP contribution in [0.4, 0.5) is 10.1 Å². The summed E-state index contributed by atoms with van der Waals surface area (Å²) < 4.78 is 14.6. The molecule has 0 aliphatic carbocycles. The van der Waals surface area contributed by atoms with Gasteiger partial charge in [-0.25, -0.2) is 9.07 Å². The van der Waals surface area contributed by atoms with E-state index in [1.165, 1.54) is 22.9 Å². The average Bonchev–Trinajstić information content (AvgIpc) is 2.57. The number of carbonyl (C=O) groups is 1. The zero-order chi connectivity index (χ0) is 18.0. The predicted molar refractivity (Wildman–Crippen MR) is 95.2 cm³/mol. The molecule has 0 saturated heterocycles. The van der Waals surface area contributed by atoms with E-state index in [1.54, 1.807) is 30.3 Å². The molecular weight excluding hydrogens is 321 g/mol. The highest BCUT2D eigenvalue weighted by Crippen LogP contribution is 2.16. The summed E-state index contributed by atoms with van der Waals surface area (Å²) in [6.45, 7) is 4.34. The van der Waals surface area contributed by atoms with E-state index in [4.69, 9.17) is 0 Å². The highest BCUT2D eigenvalue weighted by atomic mass is 19.1. The largest absolute Gasteiger partial charge is 0.320 e. The van der Waals surface area contributed by atoms with Gasteiger partial charge in [0, 0.05) is 17.6 Å². The molecule has 5 nitrogen and oxygen atoms in total. The van der Waals surface area contributed by atoms with Gasteiger partial charge in [0.05, 0.1) is 5.39 Å². The number of halogens is 1. The molecule has 6 heteroatoms. The summed E-state index contributed by atoms with van der Waals surface area (Å²) in [6.07, 6.45) is 0. The Labute approximate surface area is 144 Å². The fourth-order valence-corrected chi connectivity index (χ4v) is 2.63. The summed E-state index contributed by atoms with van der Waals surface area (Å²) in [6, 6.07) is 12.5. The summed E-state index contributed by atoms with van der Waals surface area (Å²) in [4.78, 5) is 25.2. The molecule has 25 heavy (non-hydrogen) atoms. The molecule has 1 amide bonds. The van der Waals surface area contributed by atoms with Gasteiger partial charge in [0.15, 0.2) is 5.69 Å². The molecule has 0 unspecified atom stereocenters. The minimum atomic E-state index is -0.487. The maximum absolute atomic E-state index is 13.3. The van der Waals surface area contributed by atoms with Crippen molar-refractivity contribution in [3.63, 3.8) is 0 Å². The molecule has 3 rings (SSSR count). The van der Waals surface area contributed by atoms with E-state index >= 15 is 0 Å². The zero-order valence-electron chi connectivity index (χ0n) is 14.0. The van der Waals surface area contributed by atoms with Crippen LogP contribution in [0.5, 0.6) is 0 Å². The number of amides is 1. The maximum Gasteiger partial charge on any atom is 0.276 e. The van der Waals surface area contributed by atoms with E-state index in [2.05, 4.69) is 10.4 Å². The Morgan fingerprint density at radius 2 is 1.88 bits per heavy atom. The Morgan fingerprint density at radius 3 is 2.56 bits per heavy atom. The van der Waals surface area contributed by atoms with E-state index in [9.17, 15) is 14.0 Å². The van der Waals surface area contributed by atoms with Crippen molar-refractivity contribution in [2.75, 3.05) is 5.32 Å². The molecule has 0 bridgehead atoms. The quantitative estimate of drug-likeness (QED) is 0.792. The summed E-state index contributed by atoms with van der Waals surface area (Å²) in [5.74, 6) is -0.731. The number of hydrogen-bond acceptors (Lipinski definition) is 3. The van der Waals surface area contributed by atoms with E-state index in [-0.39, 0.29) is 17.2 Å². The van der Waals surface area contributed by atoms with Crippen molar-refractivity contribution in [1.29, 1.82) is 0 Å². The van der Waals surface area contributed by atoms with Gasteiger partial charge in [-0.15, -0.1) is 0 Å². The fourth-order valence-electron chi connectivity index (χ4n) is 2.63. The average molecular weight is 339 g/mol. The van der Waals surface area contributed by atoms with Gasteiger partial charge < -0.3 is 5.32 Å². The number of anilines is 1. The van der Waals surface area contributed by atoms with Crippen LogP contribution in [0.2, 0.25) is 0 Å². The number of rotatable bonds is 4. The monoisotopic (exact) mass is 339 g/mol. The van der Waals surface area contributed by atoms with Gasteiger partial charge >= 0.3 is 0 Å². The Balaban J connectivity index is 2.09. The number of hydrogen-bond donors (Lipinski definition) is 1. The molecule has 1 aromatic heterocycles. The summed E-state index contributed by atoms with van der Waals surface area (Å²) in [5.41, 5.74) is 0.240. The second kappa shape index (κ2) is 6.84. The van der Waals surface area contributed by atoms with Gasteiger partial charge in [-0.1, -0.05) is 38.1 Å². The molecule has 0 saturated carbocycles. The first-order valence-corrected chi connectivity index (χ1v) is 8.02. The Morgan fingerprint density at radius 1 is 1.16 bits per heavy atom. The van der Waals surface area contributed by atoms with Crippen LogP contribution >= 0.6 is 0 Å². The number of carbonyl (C=O) groups excluding carboxylic acids is 1. The molecule has 1 heterocycles. The number of benzene rings is 2. The van der Waals surface area contributed by atoms with E-state index < -0.39 is 11.7 Å². The Hall–Kier alpha value is -3.02. The molecule has 0 spiro atoms. The number of fused-ring (bicyclic) bond motifs is 1. The van der Waals surface area contributed by atoms with Gasteiger partial charge in [0.25, 0.3) is 11.5 Å². The number of nitrogens with zero attached hydrogens (tertiary/aromatic N) is 2. The highest BCUT2D eigenvalue weighted by molar-refractivity contribution is 6.11. The van der Waals surface area contributed by atoms with Crippen molar-refractivity contribution in [3.8, 4) is 0 Å². The van der Waals surface area contributed by atoms with Crippen LogP contribution in [-0.4, -0.2) is 15.7 Å². The lowest BCUT2D eigenvalue weighted by atomic mass is 10.1. The second-order valence-corrected chi connectivity index (χ2v) is 6.24. The van der Waals surface area contributed by atoms with Crippen LogP contribution in [0.25, 0.3) is 10.8 Å². The Kier molecular flexibility index (Phi) is 4.61. The molecule has 128 valence electrons. The number of nitrogens with one attached hydrogen (secondary N) is 1. The Bertz CT molecular complexity index is 995.